The maximum atomic E-state index is 11.6. The summed E-state index contributed by atoms with van der Waals surface area (Å²) in [5.41, 5.74) is 4.64. The Kier molecular flexibility index (Phi) is 14.6. The van der Waals surface area contributed by atoms with Gasteiger partial charge in [-0.3, -0.25) is 8.74 Å². The third kappa shape index (κ3) is 11.0. The van der Waals surface area contributed by atoms with Crippen LogP contribution in [0.1, 0.15) is 46.4 Å². The first-order chi connectivity index (χ1) is 24.0. The molecule has 1 unspecified atom stereocenters. The molecule has 1 atom stereocenters. The SMILES string of the molecule is CCC(=Cc1oc2ccc(-c3ccccc3)cc2[n+]1CCS(=O)(=O)[O-])C=C1Oc2ccc(Cl)cc2N1CCCOS(=O)O.CCN(CC)CC. The fourth-order valence-electron chi connectivity index (χ4n) is 5.45. The summed E-state index contributed by atoms with van der Waals surface area (Å²) >= 11 is 3.90. The van der Waals surface area contributed by atoms with Crippen LogP contribution in [0.25, 0.3) is 28.3 Å². The Balaban J connectivity index is 0.000000727. The van der Waals surface area contributed by atoms with Crippen LogP contribution in [0.3, 0.4) is 0 Å². The molecule has 3 aromatic carbocycles. The first-order valence-corrected chi connectivity index (χ1v) is 19.5. The average molecular weight is 746 g/mol. The lowest BCUT2D eigenvalue weighted by molar-refractivity contribution is -0.673. The van der Waals surface area contributed by atoms with Crippen LogP contribution in [0.5, 0.6) is 5.75 Å². The molecule has 0 spiro atoms. The van der Waals surface area contributed by atoms with Gasteiger partial charge in [0.2, 0.25) is 11.5 Å². The minimum absolute atomic E-state index is 0.0613. The maximum absolute atomic E-state index is 11.6. The second-order valence-electron chi connectivity index (χ2n) is 11.3. The number of aryl methyl sites for hydroxylation is 1. The van der Waals surface area contributed by atoms with Crippen molar-refractivity contribution < 1.29 is 39.6 Å². The highest BCUT2D eigenvalue weighted by molar-refractivity contribution is 7.85. The lowest BCUT2D eigenvalue weighted by Crippen LogP contribution is -2.38. The zero-order valence-corrected chi connectivity index (χ0v) is 31.1. The number of benzene rings is 3. The monoisotopic (exact) mass is 745 g/mol. The zero-order valence-electron chi connectivity index (χ0n) is 28.7. The number of allylic oxidation sites excluding steroid dienone is 2. The highest BCUT2D eigenvalue weighted by Crippen LogP contribution is 2.41. The van der Waals surface area contributed by atoms with E-state index >= 15 is 0 Å². The van der Waals surface area contributed by atoms with Crippen molar-refractivity contribution in [1.29, 1.82) is 0 Å². The lowest BCUT2D eigenvalue weighted by Gasteiger charge is -2.18. The molecule has 1 N–H and O–H groups in total. The lowest BCUT2D eigenvalue weighted by atomic mass is 10.1. The van der Waals surface area contributed by atoms with Crippen LogP contribution in [-0.4, -0.2) is 65.2 Å². The van der Waals surface area contributed by atoms with Gasteiger partial charge >= 0.3 is 17.3 Å². The van der Waals surface area contributed by atoms with Crippen LogP contribution in [0.2, 0.25) is 5.02 Å². The summed E-state index contributed by atoms with van der Waals surface area (Å²) in [7, 11) is -4.49. The first kappa shape index (κ1) is 39.2. The predicted octanol–water partition coefficient (Wildman–Crippen LogP) is 7.01. The number of rotatable bonds is 15. The number of hydrogen-bond acceptors (Lipinski definition) is 9. The third-order valence-corrected chi connectivity index (χ3v) is 9.46. The van der Waals surface area contributed by atoms with Crippen molar-refractivity contribution in [2.24, 2.45) is 0 Å². The topological polar surface area (TPSA) is 136 Å². The Hall–Kier alpha value is -3.56. The summed E-state index contributed by atoms with van der Waals surface area (Å²) in [4.78, 5) is 4.27. The van der Waals surface area contributed by atoms with Crippen molar-refractivity contribution in [3.05, 3.63) is 95.2 Å². The van der Waals surface area contributed by atoms with E-state index in [2.05, 4.69) is 25.7 Å². The summed E-state index contributed by atoms with van der Waals surface area (Å²) in [6.07, 6.45) is 4.63. The standard InChI is InChI=1S/C30H29ClN2O8S2.C6H15N/c1-2-21(17-29-32(13-6-15-39-42(34)35)26-20-24(31)10-12-28(26)41-29)18-30-33(14-16-43(36,37)38)25-19-23(9-11-27(25)40-30)22-7-4-3-5-8-22;1-4-7(5-2)6-3/h3-5,7-12,17-20H,2,6,13-16H2,1H3,(H-,34,35,36,37,38);4-6H2,1-3H3. The highest BCUT2D eigenvalue weighted by atomic mass is 35.5. The van der Waals surface area contributed by atoms with Crippen LogP contribution in [0.15, 0.2) is 88.7 Å². The third-order valence-electron chi connectivity index (χ3n) is 8.17. The van der Waals surface area contributed by atoms with Crippen LogP contribution >= 0.6 is 11.6 Å². The molecule has 0 amide bonds. The Morgan fingerprint density at radius 3 is 2.38 bits per heavy atom. The van der Waals surface area contributed by atoms with E-state index in [1.54, 1.807) is 28.8 Å². The van der Waals surface area contributed by atoms with E-state index in [1.807, 2.05) is 66.4 Å². The summed E-state index contributed by atoms with van der Waals surface area (Å²) < 4.78 is 73.4. The van der Waals surface area contributed by atoms with E-state index in [9.17, 15) is 17.2 Å². The highest BCUT2D eigenvalue weighted by Gasteiger charge is 2.28. The number of nitrogens with zero attached hydrogens (tertiary/aromatic N) is 3. The predicted molar refractivity (Wildman–Crippen MR) is 197 cm³/mol. The molecule has 2 heterocycles. The van der Waals surface area contributed by atoms with E-state index < -0.39 is 27.2 Å². The molecule has 1 aliphatic heterocycles. The van der Waals surface area contributed by atoms with E-state index in [-0.39, 0.29) is 13.2 Å². The summed E-state index contributed by atoms with van der Waals surface area (Å²) in [6.45, 7) is 12.5. The van der Waals surface area contributed by atoms with Gasteiger partial charge in [0.1, 0.15) is 10.1 Å². The molecule has 270 valence electrons. The molecule has 1 aromatic heterocycles. The minimum atomic E-state index is -4.49. The van der Waals surface area contributed by atoms with Gasteiger partial charge in [0.15, 0.2) is 12.3 Å². The molecule has 0 radical (unpaired) electrons. The molecule has 0 saturated heterocycles. The molecule has 14 heteroatoms. The smallest absolute Gasteiger partial charge is 0.374 e. The quantitative estimate of drug-likeness (QED) is 0.0586. The Bertz CT molecular complexity index is 1920. The summed E-state index contributed by atoms with van der Waals surface area (Å²) in [6, 6.07) is 20.7. The van der Waals surface area contributed by atoms with E-state index in [1.165, 1.54) is 19.6 Å². The molecule has 0 fully saturated rings. The molecule has 0 bridgehead atoms. The van der Waals surface area contributed by atoms with Gasteiger partial charge in [-0.25, -0.2) is 8.42 Å². The van der Waals surface area contributed by atoms with Crippen LogP contribution in [0, 0.1) is 0 Å². The van der Waals surface area contributed by atoms with Crippen molar-refractivity contribution in [1.82, 2.24) is 4.90 Å². The van der Waals surface area contributed by atoms with Crippen molar-refractivity contribution in [2.45, 2.75) is 47.1 Å². The first-order valence-electron chi connectivity index (χ1n) is 16.5. The molecule has 0 aliphatic carbocycles. The van der Waals surface area contributed by atoms with Gasteiger partial charge in [-0.2, -0.15) is 8.78 Å². The maximum Gasteiger partial charge on any atom is 0.374 e. The second kappa shape index (κ2) is 18.6. The molecule has 0 saturated carbocycles. The van der Waals surface area contributed by atoms with Gasteiger partial charge < -0.3 is 23.5 Å². The number of hydrogen-bond donors (Lipinski definition) is 1. The molecule has 11 nitrogen and oxygen atoms in total. The number of halogens is 1. The van der Waals surface area contributed by atoms with Gasteiger partial charge in [0, 0.05) is 23.7 Å². The molecular weight excluding hydrogens is 702 g/mol. The van der Waals surface area contributed by atoms with Crippen molar-refractivity contribution in [2.75, 3.05) is 43.4 Å². The Morgan fingerprint density at radius 1 is 1.04 bits per heavy atom. The van der Waals surface area contributed by atoms with Crippen molar-refractivity contribution in [3.63, 3.8) is 0 Å². The minimum Gasteiger partial charge on any atom is -0.748 e. The fraction of sp³-hybridized carbons (Fsp3) is 0.361. The molecule has 1 aliphatic rings. The van der Waals surface area contributed by atoms with Crippen molar-refractivity contribution >= 4 is 55.9 Å². The molecular formula is C36H44ClN3O8S2. The largest absolute Gasteiger partial charge is 0.748 e. The average Bonchev–Trinajstić information content (AvgIpc) is 3.62. The normalized spacial score (nSPS) is 14.5. The van der Waals surface area contributed by atoms with Crippen LogP contribution < -0.4 is 14.2 Å². The zero-order chi connectivity index (χ0) is 36.3. The number of anilines is 1. The second-order valence-corrected chi connectivity index (χ2v) is 14.0. The van der Waals surface area contributed by atoms with Gasteiger partial charge in [-0.05, 0) is 73.4 Å². The molecule has 50 heavy (non-hydrogen) atoms. The molecule has 5 rings (SSSR count). The van der Waals surface area contributed by atoms with E-state index in [0.29, 0.717) is 53.0 Å². The van der Waals surface area contributed by atoms with Crippen molar-refractivity contribution in [3.8, 4) is 16.9 Å². The fourth-order valence-corrected chi connectivity index (χ4v) is 6.28. The van der Waals surface area contributed by atoms with E-state index in [0.717, 1.165) is 22.4 Å². The molecule has 4 aromatic rings. The number of ether oxygens (including phenoxy) is 1. The number of aromatic nitrogens is 1. The van der Waals surface area contributed by atoms with Gasteiger partial charge in [0.25, 0.3) is 5.52 Å². The Labute approximate surface area is 302 Å². The van der Waals surface area contributed by atoms with Crippen LogP contribution in [-0.2, 0) is 32.2 Å². The summed E-state index contributed by atoms with van der Waals surface area (Å²) in [5, 5.41) is 0.527. The number of oxazole rings is 1. The number of fused-ring (bicyclic) bond motifs is 2. The van der Waals surface area contributed by atoms with Gasteiger partial charge in [-0.15, -0.1) is 0 Å². The van der Waals surface area contributed by atoms with Gasteiger partial charge in [-0.1, -0.05) is 75.7 Å². The Morgan fingerprint density at radius 2 is 1.76 bits per heavy atom. The van der Waals surface area contributed by atoms with E-state index in [4.69, 9.17) is 29.5 Å². The summed E-state index contributed by atoms with van der Waals surface area (Å²) in [5.74, 6) is 0.887. The van der Waals surface area contributed by atoms with Crippen LogP contribution in [0.4, 0.5) is 5.69 Å². The van der Waals surface area contributed by atoms with Gasteiger partial charge in [0.05, 0.1) is 24.1 Å².